The zero-order valence-electron chi connectivity index (χ0n) is 13.8. The summed E-state index contributed by atoms with van der Waals surface area (Å²) in [5.41, 5.74) is 2.32. The minimum atomic E-state index is -3.77. The van der Waals surface area contributed by atoms with Crippen molar-refractivity contribution >= 4 is 16.0 Å². The van der Waals surface area contributed by atoms with Crippen molar-refractivity contribution in [2.75, 3.05) is 4.72 Å². The van der Waals surface area contributed by atoms with E-state index >= 15 is 0 Å². The van der Waals surface area contributed by atoms with Crippen LogP contribution in [0.2, 0.25) is 0 Å². The smallest absolute Gasteiger partial charge is 0.246 e. The van der Waals surface area contributed by atoms with Gasteiger partial charge in [-0.05, 0) is 48.7 Å². The summed E-state index contributed by atoms with van der Waals surface area (Å²) in [6.07, 6.45) is 1.42. The lowest BCUT2D eigenvalue weighted by Crippen LogP contribution is -2.15. The van der Waals surface area contributed by atoms with Crippen molar-refractivity contribution in [1.29, 1.82) is 0 Å². The second-order valence-electron chi connectivity index (χ2n) is 5.77. The highest BCUT2D eigenvalue weighted by Gasteiger charge is 2.19. The summed E-state index contributed by atoms with van der Waals surface area (Å²) in [6.45, 7) is 3.92. The van der Waals surface area contributed by atoms with Crippen molar-refractivity contribution in [3.8, 4) is 0 Å². The predicted octanol–water partition coefficient (Wildman–Crippen LogP) is 2.88. The van der Waals surface area contributed by atoms with Crippen LogP contribution in [0.15, 0.2) is 53.7 Å². The maximum atomic E-state index is 12.9. The van der Waals surface area contributed by atoms with Gasteiger partial charge < -0.3 is 0 Å². The number of sulfonamides is 1. The molecule has 0 bridgehead atoms. The number of rotatable bonds is 5. The van der Waals surface area contributed by atoms with Gasteiger partial charge in [0, 0.05) is 0 Å². The van der Waals surface area contributed by atoms with Crippen LogP contribution in [-0.4, -0.2) is 23.2 Å². The summed E-state index contributed by atoms with van der Waals surface area (Å²) >= 11 is 0. The molecule has 0 atom stereocenters. The van der Waals surface area contributed by atoms with E-state index in [0.29, 0.717) is 12.1 Å². The lowest BCUT2D eigenvalue weighted by atomic mass is 10.2. The van der Waals surface area contributed by atoms with E-state index in [0.717, 1.165) is 11.1 Å². The molecule has 3 aromatic rings. The number of halogens is 1. The number of aryl methyl sites for hydroxylation is 2. The molecule has 0 spiro atoms. The van der Waals surface area contributed by atoms with Crippen LogP contribution in [0.3, 0.4) is 0 Å². The first kappa shape index (κ1) is 17.1. The van der Waals surface area contributed by atoms with Crippen molar-refractivity contribution in [1.82, 2.24) is 14.8 Å². The number of anilines is 1. The maximum absolute atomic E-state index is 12.9. The summed E-state index contributed by atoms with van der Waals surface area (Å²) in [5, 5.41) is 4.11. The quantitative estimate of drug-likeness (QED) is 0.759. The van der Waals surface area contributed by atoms with E-state index in [1.54, 1.807) is 31.2 Å². The molecule has 1 N–H and O–H groups in total. The van der Waals surface area contributed by atoms with Gasteiger partial charge in [0.1, 0.15) is 12.1 Å². The largest absolute Gasteiger partial charge is 0.264 e. The van der Waals surface area contributed by atoms with Crippen molar-refractivity contribution in [2.24, 2.45) is 0 Å². The average molecular weight is 360 g/mol. The van der Waals surface area contributed by atoms with E-state index in [-0.39, 0.29) is 16.7 Å². The summed E-state index contributed by atoms with van der Waals surface area (Å²) in [5.74, 6) is -0.327. The molecule has 0 aliphatic carbocycles. The molecule has 3 rings (SSSR count). The Morgan fingerprint density at radius 3 is 2.56 bits per heavy atom. The third kappa shape index (κ3) is 4.03. The Labute approximate surface area is 145 Å². The minimum absolute atomic E-state index is 0.0111. The molecule has 25 heavy (non-hydrogen) atoms. The molecular weight excluding hydrogens is 343 g/mol. The first-order chi connectivity index (χ1) is 11.8. The number of hydrogen-bond donors (Lipinski definition) is 1. The van der Waals surface area contributed by atoms with E-state index in [9.17, 15) is 12.8 Å². The topological polar surface area (TPSA) is 76.9 Å². The maximum Gasteiger partial charge on any atom is 0.264 e. The average Bonchev–Trinajstić information content (AvgIpc) is 2.98. The zero-order chi connectivity index (χ0) is 18.0. The van der Waals surface area contributed by atoms with Gasteiger partial charge in [-0.3, -0.25) is 0 Å². The van der Waals surface area contributed by atoms with Gasteiger partial charge >= 0.3 is 0 Å². The van der Waals surface area contributed by atoms with Crippen LogP contribution in [0.5, 0.6) is 0 Å². The number of aromatic nitrogens is 3. The van der Waals surface area contributed by atoms with Crippen LogP contribution in [0, 0.1) is 19.7 Å². The highest BCUT2D eigenvalue weighted by atomic mass is 32.2. The summed E-state index contributed by atoms with van der Waals surface area (Å²) < 4.78 is 41.9. The fraction of sp³-hybridized carbons (Fsp3) is 0.176. The molecule has 0 aliphatic rings. The van der Waals surface area contributed by atoms with E-state index in [1.807, 2.05) is 13.0 Å². The van der Waals surface area contributed by atoms with Crippen molar-refractivity contribution in [3.05, 3.63) is 71.3 Å². The van der Waals surface area contributed by atoms with Gasteiger partial charge in [-0.25, -0.2) is 22.2 Å². The Balaban J connectivity index is 1.78. The Morgan fingerprint density at radius 2 is 1.84 bits per heavy atom. The molecule has 0 saturated heterocycles. The molecule has 8 heteroatoms. The fourth-order valence-corrected chi connectivity index (χ4v) is 3.64. The van der Waals surface area contributed by atoms with Gasteiger partial charge in [-0.2, -0.15) is 4.98 Å². The van der Waals surface area contributed by atoms with Crippen LogP contribution >= 0.6 is 0 Å². The normalized spacial score (nSPS) is 11.5. The van der Waals surface area contributed by atoms with E-state index < -0.39 is 10.0 Å². The SMILES string of the molecule is Cc1ccc(C)c(S(=O)(=O)Nc2ncn(Cc3ccc(F)cc3)n2)c1. The number of hydrogen-bond acceptors (Lipinski definition) is 4. The number of nitrogens with zero attached hydrogens (tertiary/aromatic N) is 3. The molecule has 0 saturated carbocycles. The molecule has 0 radical (unpaired) electrons. The van der Waals surface area contributed by atoms with Gasteiger partial charge in [-0.15, -0.1) is 5.10 Å². The highest BCUT2D eigenvalue weighted by molar-refractivity contribution is 7.92. The Morgan fingerprint density at radius 1 is 1.12 bits per heavy atom. The van der Waals surface area contributed by atoms with Gasteiger partial charge in [0.25, 0.3) is 16.0 Å². The van der Waals surface area contributed by atoms with Crippen LogP contribution in [0.25, 0.3) is 0 Å². The Kier molecular flexibility index (Phi) is 4.54. The van der Waals surface area contributed by atoms with Crippen molar-refractivity contribution in [2.45, 2.75) is 25.3 Å². The number of benzene rings is 2. The lowest BCUT2D eigenvalue weighted by Gasteiger charge is -2.08. The predicted molar refractivity (Wildman–Crippen MR) is 92.2 cm³/mol. The summed E-state index contributed by atoms with van der Waals surface area (Å²) in [6, 6.07) is 11.2. The standard InChI is InChI=1S/C17H17FN4O2S/c1-12-3-4-13(2)16(9-12)25(23,24)21-17-19-11-22(20-17)10-14-5-7-15(18)8-6-14/h3-9,11H,10H2,1-2H3,(H,20,21). The molecule has 1 heterocycles. The molecule has 130 valence electrons. The van der Waals surface area contributed by atoms with E-state index in [1.165, 1.54) is 23.1 Å². The van der Waals surface area contributed by atoms with Crippen molar-refractivity contribution < 1.29 is 12.8 Å². The Hall–Kier alpha value is -2.74. The molecule has 0 fully saturated rings. The van der Waals surface area contributed by atoms with Crippen LogP contribution in [0.4, 0.5) is 10.3 Å². The highest BCUT2D eigenvalue weighted by Crippen LogP contribution is 2.19. The minimum Gasteiger partial charge on any atom is -0.246 e. The van der Waals surface area contributed by atoms with Crippen LogP contribution in [-0.2, 0) is 16.6 Å². The second-order valence-corrected chi connectivity index (χ2v) is 7.42. The fourth-order valence-electron chi connectivity index (χ4n) is 2.37. The van der Waals surface area contributed by atoms with Crippen LogP contribution in [0.1, 0.15) is 16.7 Å². The molecule has 0 unspecified atom stereocenters. The van der Waals surface area contributed by atoms with Crippen molar-refractivity contribution in [3.63, 3.8) is 0 Å². The molecular formula is C17H17FN4O2S. The first-order valence-corrected chi connectivity index (χ1v) is 9.06. The molecule has 0 amide bonds. The molecule has 6 nitrogen and oxygen atoms in total. The molecule has 1 aromatic heterocycles. The lowest BCUT2D eigenvalue weighted by molar-refractivity contribution is 0.599. The summed E-state index contributed by atoms with van der Waals surface area (Å²) in [7, 11) is -3.77. The van der Waals surface area contributed by atoms with E-state index in [4.69, 9.17) is 0 Å². The van der Waals surface area contributed by atoms with Gasteiger partial charge in [-0.1, -0.05) is 24.3 Å². The van der Waals surface area contributed by atoms with E-state index in [2.05, 4.69) is 14.8 Å². The van der Waals surface area contributed by atoms with Gasteiger partial charge in [0.15, 0.2) is 0 Å². The monoisotopic (exact) mass is 360 g/mol. The Bertz CT molecular complexity index is 998. The van der Waals surface area contributed by atoms with Gasteiger partial charge in [0.2, 0.25) is 0 Å². The zero-order valence-corrected chi connectivity index (χ0v) is 14.6. The number of nitrogens with one attached hydrogen (secondary N) is 1. The first-order valence-electron chi connectivity index (χ1n) is 7.57. The molecule has 2 aromatic carbocycles. The second kappa shape index (κ2) is 6.64. The third-order valence-corrected chi connectivity index (χ3v) is 5.12. The summed E-state index contributed by atoms with van der Waals surface area (Å²) in [4.78, 5) is 4.18. The van der Waals surface area contributed by atoms with Gasteiger partial charge in [0.05, 0.1) is 11.4 Å². The molecule has 0 aliphatic heterocycles. The van der Waals surface area contributed by atoms with Crippen LogP contribution < -0.4 is 4.72 Å². The third-order valence-electron chi connectivity index (χ3n) is 3.65.